The quantitative estimate of drug-likeness (QED) is 0.251. The SMILES string of the molecule is CCCCCC=CC/C=C/CCCCCCCCN(C)C. The van der Waals surface area contributed by atoms with Crippen LogP contribution in [-0.4, -0.2) is 25.5 Å². The molecule has 0 fully saturated rings. The first kappa shape index (κ1) is 20.4. The fourth-order valence-electron chi connectivity index (χ4n) is 2.42. The van der Waals surface area contributed by atoms with E-state index in [1.54, 1.807) is 0 Å². The molecule has 0 saturated heterocycles. The second kappa shape index (κ2) is 17.5. The van der Waals surface area contributed by atoms with Crippen LogP contribution < -0.4 is 0 Å². The molecular weight excluding hydrogens is 254 g/mol. The monoisotopic (exact) mass is 293 g/mol. The highest BCUT2D eigenvalue weighted by Crippen LogP contribution is 2.08. The van der Waals surface area contributed by atoms with Gasteiger partial charge in [-0.1, -0.05) is 69.8 Å². The van der Waals surface area contributed by atoms with E-state index in [0.717, 1.165) is 6.42 Å². The van der Waals surface area contributed by atoms with Crippen LogP contribution in [0.1, 0.15) is 84.0 Å². The van der Waals surface area contributed by atoms with Crippen molar-refractivity contribution in [2.45, 2.75) is 84.0 Å². The molecule has 1 nitrogen and oxygen atoms in total. The van der Waals surface area contributed by atoms with Crippen molar-refractivity contribution in [3.8, 4) is 0 Å². The minimum Gasteiger partial charge on any atom is -0.309 e. The Balaban J connectivity index is 3.15. The maximum Gasteiger partial charge on any atom is -0.00248 e. The molecular formula is C20H39N. The molecule has 0 aliphatic heterocycles. The van der Waals surface area contributed by atoms with Crippen LogP contribution in [0.4, 0.5) is 0 Å². The zero-order valence-corrected chi connectivity index (χ0v) is 14.9. The summed E-state index contributed by atoms with van der Waals surface area (Å²) in [5.74, 6) is 0. The van der Waals surface area contributed by atoms with Gasteiger partial charge in [0.2, 0.25) is 0 Å². The highest BCUT2D eigenvalue weighted by Gasteiger charge is 1.92. The van der Waals surface area contributed by atoms with E-state index < -0.39 is 0 Å². The summed E-state index contributed by atoms with van der Waals surface area (Å²) in [4.78, 5) is 2.28. The number of unbranched alkanes of at least 4 members (excludes halogenated alkanes) is 9. The number of nitrogens with zero attached hydrogens (tertiary/aromatic N) is 1. The molecule has 0 aromatic heterocycles. The molecule has 0 aliphatic rings. The molecule has 1 heteroatoms. The average molecular weight is 294 g/mol. The zero-order chi connectivity index (χ0) is 15.6. The van der Waals surface area contributed by atoms with Gasteiger partial charge >= 0.3 is 0 Å². The van der Waals surface area contributed by atoms with E-state index >= 15 is 0 Å². The second-order valence-corrected chi connectivity index (χ2v) is 6.39. The fourth-order valence-corrected chi connectivity index (χ4v) is 2.42. The number of allylic oxidation sites excluding steroid dienone is 4. The van der Waals surface area contributed by atoms with Crippen molar-refractivity contribution in [1.82, 2.24) is 4.90 Å². The molecule has 0 atom stereocenters. The summed E-state index contributed by atoms with van der Waals surface area (Å²) >= 11 is 0. The first-order valence-corrected chi connectivity index (χ1v) is 9.22. The van der Waals surface area contributed by atoms with Crippen molar-refractivity contribution < 1.29 is 0 Å². The van der Waals surface area contributed by atoms with Gasteiger partial charge in [0, 0.05) is 0 Å². The standard InChI is InChI=1S/C20H39N/c1-4-5-6-7-8-9-10-11-12-13-14-15-16-17-18-19-20-21(2)3/h8-9,11-12H,4-7,10,13-20H2,1-3H3/b9-8?,12-11+. The lowest BCUT2D eigenvalue weighted by Crippen LogP contribution is -2.12. The van der Waals surface area contributed by atoms with Crippen molar-refractivity contribution in [3.05, 3.63) is 24.3 Å². The number of rotatable bonds is 15. The first-order chi connectivity index (χ1) is 10.3. The molecule has 0 saturated carbocycles. The number of hydrogen-bond donors (Lipinski definition) is 0. The Morgan fingerprint density at radius 3 is 1.71 bits per heavy atom. The van der Waals surface area contributed by atoms with Gasteiger partial charge in [-0.15, -0.1) is 0 Å². The van der Waals surface area contributed by atoms with Crippen LogP contribution in [0.15, 0.2) is 24.3 Å². The molecule has 0 bridgehead atoms. The van der Waals surface area contributed by atoms with Gasteiger partial charge in [0.15, 0.2) is 0 Å². The Morgan fingerprint density at radius 1 is 0.619 bits per heavy atom. The Bertz CT molecular complexity index is 240. The summed E-state index contributed by atoms with van der Waals surface area (Å²) in [6.07, 6.45) is 25.4. The molecule has 0 unspecified atom stereocenters. The van der Waals surface area contributed by atoms with Crippen molar-refractivity contribution in [2.75, 3.05) is 20.6 Å². The summed E-state index contributed by atoms with van der Waals surface area (Å²) in [5, 5.41) is 0. The van der Waals surface area contributed by atoms with Crippen LogP contribution in [0.2, 0.25) is 0 Å². The first-order valence-electron chi connectivity index (χ1n) is 9.22. The van der Waals surface area contributed by atoms with E-state index in [1.165, 1.54) is 77.2 Å². The lowest BCUT2D eigenvalue weighted by molar-refractivity contribution is 0.389. The summed E-state index contributed by atoms with van der Waals surface area (Å²) in [6, 6.07) is 0. The highest BCUT2D eigenvalue weighted by molar-refractivity contribution is 4.92. The van der Waals surface area contributed by atoms with Crippen LogP contribution in [0.25, 0.3) is 0 Å². The molecule has 0 radical (unpaired) electrons. The molecule has 0 N–H and O–H groups in total. The van der Waals surface area contributed by atoms with Crippen LogP contribution in [0.3, 0.4) is 0 Å². The molecule has 0 aromatic carbocycles. The molecule has 0 rings (SSSR count). The minimum absolute atomic E-state index is 1.12. The Kier molecular flexibility index (Phi) is 17.0. The van der Waals surface area contributed by atoms with Gasteiger partial charge in [-0.25, -0.2) is 0 Å². The second-order valence-electron chi connectivity index (χ2n) is 6.39. The highest BCUT2D eigenvalue weighted by atomic mass is 15.0. The Morgan fingerprint density at radius 2 is 1.14 bits per heavy atom. The topological polar surface area (TPSA) is 3.24 Å². The van der Waals surface area contributed by atoms with E-state index in [2.05, 4.69) is 50.2 Å². The van der Waals surface area contributed by atoms with Crippen LogP contribution in [0, 0.1) is 0 Å². The van der Waals surface area contributed by atoms with E-state index in [1.807, 2.05) is 0 Å². The molecule has 21 heavy (non-hydrogen) atoms. The lowest BCUT2D eigenvalue weighted by atomic mass is 10.1. The predicted molar refractivity (Wildman–Crippen MR) is 97.9 cm³/mol. The molecule has 0 heterocycles. The fraction of sp³-hybridized carbons (Fsp3) is 0.800. The predicted octanol–water partition coefficient (Wildman–Crippen LogP) is 6.36. The van der Waals surface area contributed by atoms with Gasteiger partial charge in [0.05, 0.1) is 0 Å². The molecule has 0 spiro atoms. The largest absolute Gasteiger partial charge is 0.309 e. The van der Waals surface area contributed by atoms with Crippen molar-refractivity contribution in [2.24, 2.45) is 0 Å². The van der Waals surface area contributed by atoms with Gasteiger partial charge in [-0.2, -0.15) is 0 Å². The summed E-state index contributed by atoms with van der Waals surface area (Å²) in [6.45, 7) is 3.50. The smallest absolute Gasteiger partial charge is 0.00248 e. The van der Waals surface area contributed by atoms with E-state index in [0.29, 0.717) is 0 Å². The average Bonchev–Trinajstić information content (AvgIpc) is 2.46. The normalized spacial score (nSPS) is 12.2. The molecule has 124 valence electrons. The Labute approximate surface area is 134 Å². The third-order valence-electron chi connectivity index (χ3n) is 3.81. The van der Waals surface area contributed by atoms with Crippen LogP contribution >= 0.6 is 0 Å². The molecule has 0 aliphatic carbocycles. The third kappa shape index (κ3) is 19.4. The number of hydrogen-bond acceptors (Lipinski definition) is 1. The van der Waals surface area contributed by atoms with Crippen LogP contribution in [0.5, 0.6) is 0 Å². The van der Waals surface area contributed by atoms with Crippen molar-refractivity contribution in [1.29, 1.82) is 0 Å². The minimum atomic E-state index is 1.12. The van der Waals surface area contributed by atoms with Crippen molar-refractivity contribution in [3.63, 3.8) is 0 Å². The maximum absolute atomic E-state index is 2.36. The van der Waals surface area contributed by atoms with Crippen molar-refractivity contribution >= 4 is 0 Å². The van der Waals surface area contributed by atoms with E-state index in [4.69, 9.17) is 0 Å². The lowest BCUT2D eigenvalue weighted by Gasteiger charge is -2.08. The van der Waals surface area contributed by atoms with E-state index in [9.17, 15) is 0 Å². The van der Waals surface area contributed by atoms with E-state index in [-0.39, 0.29) is 0 Å². The van der Waals surface area contributed by atoms with Crippen LogP contribution in [-0.2, 0) is 0 Å². The zero-order valence-electron chi connectivity index (χ0n) is 14.9. The molecule has 0 amide bonds. The summed E-state index contributed by atoms with van der Waals surface area (Å²) in [5.41, 5.74) is 0. The van der Waals surface area contributed by atoms with Gasteiger partial charge in [0.25, 0.3) is 0 Å². The molecule has 0 aromatic rings. The summed E-state index contributed by atoms with van der Waals surface area (Å²) in [7, 11) is 4.32. The van der Waals surface area contributed by atoms with Gasteiger partial charge in [0.1, 0.15) is 0 Å². The van der Waals surface area contributed by atoms with Gasteiger partial charge in [-0.3, -0.25) is 0 Å². The van der Waals surface area contributed by atoms with Gasteiger partial charge in [-0.05, 0) is 59.2 Å². The maximum atomic E-state index is 2.36. The third-order valence-corrected chi connectivity index (χ3v) is 3.81. The Hall–Kier alpha value is -0.560. The summed E-state index contributed by atoms with van der Waals surface area (Å²) < 4.78 is 0. The van der Waals surface area contributed by atoms with Gasteiger partial charge < -0.3 is 4.90 Å².